The first-order valence-corrected chi connectivity index (χ1v) is 11.4. The van der Waals surface area contributed by atoms with Crippen molar-refractivity contribution in [2.45, 2.75) is 44.7 Å². The molecule has 0 radical (unpaired) electrons. The normalized spacial score (nSPS) is 17.1. The van der Waals surface area contributed by atoms with E-state index in [4.69, 9.17) is 4.74 Å². The first-order chi connectivity index (χ1) is 16.4. The van der Waals surface area contributed by atoms with Gasteiger partial charge in [-0.25, -0.2) is 14.4 Å². The van der Waals surface area contributed by atoms with Crippen LogP contribution in [0.4, 0.5) is 16.2 Å². The monoisotopic (exact) mass is 500 g/mol. The van der Waals surface area contributed by atoms with Gasteiger partial charge in [0.2, 0.25) is 11.8 Å². The summed E-state index contributed by atoms with van der Waals surface area (Å²) >= 11 is 0. The van der Waals surface area contributed by atoms with Crippen molar-refractivity contribution in [1.82, 2.24) is 20.3 Å². The summed E-state index contributed by atoms with van der Waals surface area (Å²) in [6, 6.07) is 9.27. The number of ether oxygens (including phenoxy) is 1. The molecular formula is C25H30ClFN6O2. The molecule has 1 aromatic carbocycles. The molecule has 186 valence electrons. The molecule has 1 amide bonds. The molecule has 35 heavy (non-hydrogen) atoms. The smallest absolute Gasteiger partial charge is 0.257 e. The maximum atomic E-state index is 13.2. The van der Waals surface area contributed by atoms with E-state index in [1.807, 2.05) is 32.1 Å². The average molecular weight is 501 g/mol. The van der Waals surface area contributed by atoms with E-state index in [-0.39, 0.29) is 42.1 Å². The predicted octanol–water partition coefficient (Wildman–Crippen LogP) is 4.75. The van der Waals surface area contributed by atoms with Gasteiger partial charge in [-0.2, -0.15) is 4.98 Å². The minimum absolute atomic E-state index is 0. The topological polar surface area (TPSA) is 92.3 Å². The molecule has 2 N–H and O–H groups in total. The second-order valence-electron chi connectivity index (χ2n) is 8.67. The number of nitrogens with zero attached hydrogens (tertiary/aromatic N) is 4. The summed E-state index contributed by atoms with van der Waals surface area (Å²) in [6.07, 6.45) is 6.85. The van der Waals surface area contributed by atoms with Crippen LogP contribution in [0.3, 0.4) is 0 Å². The van der Waals surface area contributed by atoms with Crippen LogP contribution in [0.25, 0.3) is 0 Å². The molecule has 1 fully saturated rings. The highest BCUT2D eigenvalue weighted by Gasteiger charge is 2.25. The van der Waals surface area contributed by atoms with Crippen LogP contribution in [-0.2, 0) is 0 Å². The van der Waals surface area contributed by atoms with Gasteiger partial charge in [-0.3, -0.25) is 4.79 Å². The van der Waals surface area contributed by atoms with Gasteiger partial charge >= 0.3 is 0 Å². The second-order valence-corrected chi connectivity index (χ2v) is 8.67. The number of halogens is 2. The van der Waals surface area contributed by atoms with Gasteiger partial charge in [-0.1, -0.05) is 0 Å². The van der Waals surface area contributed by atoms with Gasteiger partial charge in [0.15, 0.2) is 0 Å². The molecule has 8 nitrogen and oxygen atoms in total. The predicted molar refractivity (Wildman–Crippen MR) is 136 cm³/mol. The molecule has 10 heteroatoms. The zero-order valence-electron chi connectivity index (χ0n) is 20.0. The van der Waals surface area contributed by atoms with Crippen molar-refractivity contribution >= 4 is 30.1 Å². The number of hydrogen-bond acceptors (Lipinski definition) is 7. The van der Waals surface area contributed by atoms with Crippen molar-refractivity contribution in [1.29, 1.82) is 0 Å². The van der Waals surface area contributed by atoms with Crippen LogP contribution in [0.2, 0.25) is 0 Å². The Morgan fingerprint density at radius 3 is 2.43 bits per heavy atom. The van der Waals surface area contributed by atoms with Crippen molar-refractivity contribution in [3.05, 3.63) is 65.7 Å². The van der Waals surface area contributed by atoms with Gasteiger partial charge in [0, 0.05) is 44.1 Å². The molecule has 1 aliphatic rings. The van der Waals surface area contributed by atoms with Gasteiger partial charge in [0.05, 0.1) is 0 Å². The molecule has 0 aliphatic heterocycles. The van der Waals surface area contributed by atoms with E-state index in [1.165, 1.54) is 24.3 Å². The third-order valence-electron chi connectivity index (χ3n) is 5.81. The summed E-state index contributed by atoms with van der Waals surface area (Å²) < 4.78 is 18.9. The number of carbonyl (C=O) groups excluding carboxylic acids is 1. The van der Waals surface area contributed by atoms with Crippen molar-refractivity contribution < 1.29 is 13.9 Å². The fourth-order valence-electron chi connectivity index (χ4n) is 4.04. The Morgan fingerprint density at radius 1 is 1.06 bits per heavy atom. The van der Waals surface area contributed by atoms with Crippen LogP contribution in [0, 0.1) is 12.7 Å². The minimum Gasteiger partial charge on any atom is -0.438 e. The summed E-state index contributed by atoms with van der Waals surface area (Å²) in [7, 11) is 3.93. The molecule has 0 spiro atoms. The van der Waals surface area contributed by atoms with Crippen LogP contribution in [0.15, 0.2) is 48.8 Å². The lowest BCUT2D eigenvalue weighted by Gasteiger charge is -2.30. The maximum absolute atomic E-state index is 13.2. The number of aryl methyl sites for hydroxylation is 1. The Morgan fingerprint density at radius 2 is 1.74 bits per heavy atom. The van der Waals surface area contributed by atoms with Crippen molar-refractivity contribution in [2.75, 3.05) is 24.3 Å². The number of nitrogens with one attached hydrogen (secondary N) is 2. The summed E-state index contributed by atoms with van der Waals surface area (Å²) in [6.45, 7) is 1.99. The van der Waals surface area contributed by atoms with Gasteiger partial charge in [-0.05, 0) is 69.0 Å². The van der Waals surface area contributed by atoms with Crippen molar-refractivity contribution in [3.63, 3.8) is 0 Å². The van der Waals surface area contributed by atoms with E-state index in [1.54, 1.807) is 18.3 Å². The average Bonchev–Trinajstić information content (AvgIpc) is 2.83. The van der Waals surface area contributed by atoms with Crippen LogP contribution in [0.1, 0.15) is 41.6 Å². The van der Waals surface area contributed by atoms with E-state index in [0.717, 1.165) is 37.1 Å². The lowest BCUT2D eigenvalue weighted by atomic mass is 9.91. The van der Waals surface area contributed by atoms with E-state index >= 15 is 0 Å². The molecule has 0 atom stereocenters. The second kappa shape index (κ2) is 11.8. The molecular weight excluding hydrogens is 471 g/mol. The number of amides is 1. The zero-order valence-corrected chi connectivity index (χ0v) is 20.8. The Hall–Kier alpha value is -3.46. The molecule has 0 bridgehead atoms. The molecule has 0 saturated heterocycles. The highest BCUT2D eigenvalue weighted by atomic mass is 35.5. The molecule has 2 aromatic heterocycles. The van der Waals surface area contributed by atoms with Gasteiger partial charge in [0.1, 0.15) is 22.9 Å². The highest BCUT2D eigenvalue weighted by Crippen LogP contribution is 2.26. The lowest BCUT2D eigenvalue weighted by Crippen LogP contribution is -2.40. The highest BCUT2D eigenvalue weighted by molar-refractivity contribution is 5.96. The molecule has 1 saturated carbocycles. The number of aromatic nitrogens is 3. The summed E-state index contributed by atoms with van der Waals surface area (Å²) in [5, 5.41) is 6.53. The fourth-order valence-corrected chi connectivity index (χ4v) is 4.04. The van der Waals surface area contributed by atoms with Crippen molar-refractivity contribution in [3.8, 4) is 11.6 Å². The molecule has 4 rings (SSSR count). The zero-order chi connectivity index (χ0) is 24.1. The fraction of sp³-hybridized carbons (Fsp3) is 0.360. The van der Waals surface area contributed by atoms with Crippen LogP contribution in [-0.4, -0.2) is 47.0 Å². The van der Waals surface area contributed by atoms with Crippen LogP contribution >= 0.6 is 12.4 Å². The Kier molecular flexibility index (Phi) is 8.81. The van der Waals surface area contributed by atoms with E-state index in [0.29, 0.717) is 17.3 Å². The first-order valence-electron chi connectivity index (χ1n) is 11.4. The maximum Gasteiger partial charge on any atom is 0.257 e. The third kappa shape index (κ3) is 6.79. The Labute approximate surface area is 210 Å². The van der Waals surface area contributed by atoms with Gasteiger partial charge < -0.3 is 20.3 Å². The number of benzene rings is 1. The number of pyridine rings is 1. The van der Waals surface area contributed by atoms with E-state index in [9.17, 15) is 9.18 Å². The van der Waals surface area contributed by atoms with E-state index < -0.39 is 0 Å². The minimum atomic E-state index is -0.358. The summed E-state index contributed by atoms with van der Waals surface area (Å²) in [5.41, 5.74) is 1.37. The van der Waals surface area contributed by atoms with Crippen molar-refractivity contribution in [2.24, 2.45) is 0 Å². The Bertz CT molecular complexity index is 1140. The van der Waals surface area contributed by atoms with Crippen LogP contribution in [0.5, 0.6) is 11.6 Å². The first kappa shape index (κ1) is 26.2. The lowest BCUT2D eigenvalue weighted by molar-refractivity contribution is 0.0923. The number of hydrogen-bond donors (Lipinski definition) is 2. The molecule has 0 unspecified atom stereocenters. The summed E-state index contributed by atoms with van der Waals surface area (Å²) in [5.74, 6) is 1.53. The SMILES string of the molecule is Cc1cnc(NC2CCC(NC(=O)c3cccnc3Oc3ccc(F)cc3)CC2)nc1N(C)C.Cl. The van der Waals surface area contributed by atoms with Gasteiger partial charge in [-0.15, -0.1) is 12.4 Å². The molecule has 3 aromatic rings. The number of carbonyl (C=O) groups is 1. The molecule has 1 aliphatic carbocycles. The van der Waals surface area contributed by atoms with E-state index in [2.05, 4.69) is 25.6 Å². The van der Waals surface area contributed by atoms with Crippen LogP contribution < -0.4 is 20.3 Å². The summed E-state index contributed by atoms with van der Waals surface area (Å²) in [4.78, 5) is 28.1. The quantitative estimate of drug-likeness (QED) is 0.483. The Balaban J connectivity index is 0.00000342. The number of rotatable bonds is 7. The number of anilines is 2. The largest absolute Gasteiger partial charge is 0.438 e. The molecule has 2 heterocycles. The van der Waals surface area contributed by atoms with Gasteiger partial charge in [0.25, 0.3) is 5.91 Å². The standard InChI is InChI=1S/C25H29FN6O2.ClH/c1-16-15-28-25(31-22(16)32(2)3)30-19-10-8-18(9-11-19)29-23(33)21-5-4-14-27-24(21)34-20-12-6-17(26)7-13-20;/h4-7,12-15,18-19H,8-11H2,1-3H3,(H,29,33)(H,28,30,31);1H. The third-order valence-corrected chi connectivity index (χ3v) is 5.81.